The highest BCUT2D eigenvalue weighted by Crippen LogP contribution is 2.23. The van der Waals surface area contributed by atoms with Gasteiger partial charge in [0, 0.05) is 11.3 Å². The van der Waals surface area contributed by atoms with Gasteiger partial charge < -0.3 is 16.2 Å². The largest absolute Gasteiger partial charge is 0.573 e. The molecule has 2 aromatic rings. The van der Waals surface area contributed by atoms with Crippen LogP contribution in [0.15, 0.2) is 47.6 Å². The van der Waals surface area contributed by atoms with E-state index in [0.29, 0.717) is 16.9 Å². The predicted molar refractivity (Wildman–Crippen MR) is 87.7 cm³/mol. The second-order valence-electron chi connectivity index (χ2n) is 4.52. The standard InChI is InChI=1S/C14H14F3N4OP/c15-14(16,17)22-10-4-2-9(3-5-10)20-21-13(19)8-1-6-11(18)12(23)7-8/h1-7,20H,18,23H2,(H2,19,21). The molecule has 0 aliphatic heterocycles. The van der Waals surface area contributed by atoms with Gasteiger partial charge >= 0.3 is 6.36 Å². The van der Waals surface area contributed by atoms with Crippen LogP contribution in [0.2, 0.25) is 0 Å². The molecule has 0 heterocycles. The molecular formula is C14H14F3N4OP. The molecule has 0 amide bonds. The molecule has 122 valence electrons. The van der Waals surface area contributed by atoms with E-state index in [-0.39, 0.29) is 11.6 Å². The van der Waals surface area contributed by atoms with E-state index >= 15 is 0 Å². The molecule has 2 aromatic carbocycles. The highest BCUT2D eigenvalue weighted by molar-refractivity contribution is 7.28. The zero-order valence-corrected chi connectivity index (χ0v) is 12.9. The lowest BCUT2D eigenvalue weighted by Gasteiger charge is -2.09. The number of nitrogens with one attached hydrogen (secondary N) is 1. The van der Waals surface area contributed by atoms with Crippen molar-refractivity contribution in [3.63, 3.8) is 0 Å². The van der Waals surface area contributed by atoms with Crippen molar-refractivity contribution in [1.29, 1.82) is 0 Å². The third-order valence-electron chi connectivity index (χ3n) is 2.78. The van der Waals surface area contributed by atoms with Crippen LogP contribution < -0.4 is 26.9 Å². The molecule has 0 saturated carbocycles. The molecule has 9 heteroatoms. The number of hydrazone groups is 1. The molecular weight excluding hydrogens is 328 g/mol. The van der Waals surface area contributed by atoms with Gasteiger partial charge in [0.2, 0.25) is 0 Å². The maximum Gasteiger partial charge on any atom is 0.573 e. The summed E-state index contributed by atoms with van der Waals surface area (Å²) < 4.78 is 39.9. The molecule has 0 bridgehead atoms. The van der Waals surface area contributed by atoms with Crippen LogP contribution in [-0.4, -0.2) is 12.2 Å². The van der Waals surface area contributed by atoms with E-state index in [1.54, 1.807) is 18.2 Å². The summed E-state index contributed by atoms with van der Waals surface area (Å²) in [4.78, 5) is 0. The molecule has 1 unspecified atom stereocenters. The van der Waals surface area contributed by atoms with Crippen LogP contribution in [0.3, 0.4) is 0 Å². The molecule has 2 rings (SSSR count). The summed E-state index contributed by atoms with van der Waals surface area (Å²) in [5.74, 6) is -0.101. The number of hydrogen-bond donors (Lipinski definition) is 3. The van der Waals surface area contributed by atoms with Gasteiger partial charge in [0.1, 0.15) is 5.75 Å². The molecule has 5 N–H and O–H groups in total. The number of alkyl halides is 3. The Morgan fingerprint density at radius 2 is 1.78 bits per heavy atom. The van der Waals surface area contributed by atoms with Crippen molar-refractivity contribution >= 4 is 31.8 Å². The lowest BCUT2D eigenvalue weighted by Crippen LogP contribution is -2.17. The Labute approximate surface area is 132 Å². The average molecular weight is 342 g/mol. The van der Waals surface area contributed by atoms with Crippen molar-refractivity contribution in [3.05, 3.63) is 48.0 Å². The van der Waals surface area contributed by atoms with Crippen molar-refractivity contribution in [1.82, 2.24) is 0 Å². The van der Waals surface area contributed by atoms with Crippen LogP contribution in [0, 0.1) is 0 Å². The maximum absolute atomic E-state index is 12.1. The fourth-order valence-electron chi connectivity index (χ4n) is 1.65. The Kier molecular flexibility index (Phi) is 4.95. The lowest BCUT2D eigenvalue weighted by molar-refractivity contribution is -0.274. The van der Waals surface area contributed by atoms with Crippen LogP contribution in [0.4, 0.5) is 24.5 Å². The van der Waals surface area contributed by atoms with Gasteiger partial charge in [-0.1, -0.05) is 0 Å². The lowest BCUT2D eigenvalue weighted by atomic mass is 10.2. The van der Waals surface area contributed by atoms with Crippen molar-refractivity contribution in [3.8, 4) is 5.75 Å². The normalized spacial score (nSPS) is 12.1. The van der Waals surface area contributed by atoms with Gasteiger partial charge in [-0.2, -0.15) is 5.10 Å². The molecule has 0 spiro atoms. The van der Waals surface area contributed by atoms with E-state index in [1.165, 1.54) is 24.3 Å². The number of nitrogens with zero attached hydrogens (tertiary/aromatic N) is 1. The van der Waals surface area contributed by atoms with E-state index in [9.17, 15) is 13.2 Å². The average Bonchev–Trinajstić information content (AvgIpc) is 2.47. The van der Waals surface area contributed by atoms with Crippen LogP contribution in [0.25, 0.3) is 0 Å². The first kappa shape index (κ1) is 16.9. The SMILES string of the molecule is N/C(=N\Nc1ccc(OC(F)(F)F)cc1)c1ccc(N)c(P)c1. The highest BCUT2D eigenvalue weighted by Gasteiger charge is 2.30. The summed E-state index contributed by atoms with van der Waals surface area (Å²) in [7, 11) is 2.48. The number of hydrogen-bond acceptors (Lipinski definition) is 4. The topological polar surface area (TPSA) is 85.7 Å². The molecule has 0 aliphatic carbocycles. The van der Waals surface area contributed by atoms with Gasteiger partial charge in [-0.15, -0.1) is 22.4 Å². The van der Waals surface area contributed by atoms with Crippen molar-refractivity contribution in [2.75, 3.05) is 11.2 Å². The summed E-state index contributed by atoms with van der Waals surface area (Å²) in [6.45, 7) is 0. The minimum Gasteiger partial charge on any atom is -0.406 e. The second-order valence-corrected chi connectivity index (χ2v) is 5.15. The van der Waals surface area contributed by atoms with Gasteiger partial charge in [-0.25, -0.2) is 0 Å². The van der Waals surface area contributed by atoms with Gasteiger partial charge in [-0.3, -0.25) is 5.43 Å². The molecule has 0 radical (unpaired) electrons. The number of halogens is 3. The number of nitrogens with two attached hydrogens (primary N) is 2. The Balaban J connectivity index is 2.05. The number of nitrogen functional groups attached to an aromatic ring is 1. The Hall–Kier alpha value is -2.47. The second kappa shape index (κ2) is 6.75. The molecule has 0 aliphatic rings. The number of benzene rings is 2. The van der Waals surface area contributed by atoms with Crippen LogP contribution in [0.5, 0.6) is 5.75 Å². The van der Waals surface area contributed by atoms with Crippen molar-refractivity contribution in [2.45, 2.75) is 6.36 Å². The Bertz CT molecular complexity index is 717. The first-order valence-corrected chi connectivity index (χ1v) is 6.93. The molecule has 5 nitrogen and oxygen atoms in total. The van der Waals surface area contributed by atoms with Gasteiger partial charge in [0.25, 0.3) is 0 Å². The molecule has 0 aromatic heterocycles. The van der Waals surface area contributed by atoms with Gasteiger partial charge in [0.05, 0.1) is 5.69 Å². The fourth-order valence-corrected chi connectivity index (χ4v) is 1.93. The van der Waals surface area contributed by atoms with Crippen LogP contribution in [0.1, 0.15) is 5.56 Å². The first-order chi connectivity index (χ1) is 10.7. The molecule has 0 saturated heterocycles. The Morgan fingerprint density at radius 1 is 1.13 bits per heavy atom. The molecule has 0 fully saturated rings. The zero-order chi connectivity index (χ0) is 17.0. The van der Waals surface area contributed by atoms with Crippen LogP contribution >= 0.6 is 9.24 Å². The summed E-state index contributed by atoms with van der Waals surface area (Å²) in [5.41, 5.74) is 15.9. The van der Waals surface area contributed by atoms with E-state index < -0.39 is 6.36 Å². The van der Waals surface area contributed by atoms with E-state index in [0.717, 1.165) is 5.30 Å². The van der Waals surface area contributed by atoms with Gasteiger partial charge in [-0.05, 0) is 47.8 Å². The monoisotopic (exact) mass is 342 g/mol. The zero-order valence-electron chi connectivity index (χ0n) is 11.8. The number of ether oxygens (including phenoxy) is 1. The van der Waals surface area contributed by atoms with Crippen molar-refractivity contribution in [2.24, 2.45) is 10.8 Å². The quantitative estimate of drug-likeness (QED) is 0.262. The summed E-state index contributed by atoms with van der Waals surface area (Å²) >= 11 is 0. The molecule has 1 atom stereocenters. The number of anilines is 2. The van der Waals surface area contributed by atoms with E-state index in [4.69, 9.17) is 11.5 Å². The number of rotatable bonds is 4. The number of amidine groups is 1. The van der Waals surface area contributed by atoms with E-state index in [2.05, 4.69) is 24.5 Å². The van der Waals surface area contributed by atoms with Crippen molar-refractivity contribution < 1.29 is 17.9 Å². The summed E-state index contributed by atoms with van der Waals surface area (Å²) in [6.07, 6.45) is -4.72. The van der Waals surface area contributed by atoms with Crippen LogP contribution in [-0.2, 0) is 0 Å². The molecule has 23 heavy (non-hydrogen) atoms. The smallest absolute Gasteiger partial charge is 0.406 e. The first-order valence-electron chi connectivity index (χ1n) is 6.35. The van der Waals surface area contributed by atoms with E-state index in [1.807, 2.05) is 0 Å². The van der Waals surface area contributed by atoms with Gasteiger partial charge in [0.15, 0.2) is 5.84 Å². The minimum absolute atomic E-state index is 0.212. The fraction of sp³-hybridized carbons (Fsp3) is 0.0714. The predicted octanol–water partition coefficient (Wildman–Crippen LogP) is 2.40. The summed E-state index contributed by atoms with van der Waals surface area (Å²) in [6, 6.07) is 10.3. The maximum atomic E-state index is 12.1. The highest BCUT2D eigenvalue weighted by atomic mass is 31.0. The third-order valence-corrected chi connectivity index (χ3v) is 3.28. The Morgan fingerprint density at radius 3 is 2.35 bits per heavy atom. The third kappa shape index (κ3) is 5.03. The minimum atomic E-state index is -4.72. The summed E-state index contributed by atoms with van der Waals surface area (Å²) in [5, 5.41) is 4.76.